The normalized spacial score (nSPS) is 9.85. The van der Waals surface area contributed by atoms with Crippen LogP contribution in [0.5, 0.6) is 5.88 Å². The molecule has 2 rings (SSSR count). The molecule has 7 heteroatoms. The Balaban J connectivity index is 1.92. The molecule has 0 spiro atoms. The molecule has 0 aliphatic carbocycles. The van der Waals surface area contributed by atoms with E-state index in [1.807, 2.05) is 0 Å². The minimum atomic E-state index is -0.803. The molecule has 2 N–H and O–H groups in total. The van der Waals surface area contributed by atoms with Crippen LogP contribution in [0.25, 0.3) is 0 Å². The molecule has 104 valence electrons. The lowest BCUT2D eigenvalue weighted by Gasteiger charge is -2.08. The fourth-order valence-electron chi connectivity index (χ4n) is 1.49. The summed E-state index contributed by atoms with van der Waals surface area (Å²) in [6.07, 6.45) is 3.01. The smallest absolute Gasteiger partial charge is 0.313 e. The van der Waals surface area contributed by atoms with Gasteiger partial charge in [0.2, 0.25) is 5.88 Å². The minimum Gasteiger partial charge on any atom is -0.480 e. The molecule has 2 aromatic rings. The van der Waals surface area contributed by atoms with Gasteiger partial charge >= 0.3 is 11.8 Å². The highest BCUT2D eigenvalue weighted by atomic mass is 16.5. The van der Waals surface area contributed by atoms with E-state index in [4.69, 9.17) is 9.15 Å². The lowest BCUT2D eigenvalue weighted by Crippen LogP contribution is -2.35. The maximum absolute atomic E-state index is 11.7. The fraction of sp³-hybridized carbons (Fsp3) is 0.154. The monoisotopic (exact) mass is 275 g/mol. The molecule has 2 amide bonds. The van der Waals surface area contributed by atoms with Crippen LogP contribution in [-0.4, -0.2) is 23.9 Å². The zero-order valence-corrected chi connectivity index (χ0v) is 10.8. The average Bonchev–Trinajstić information content (AvgIpc) is 2.98. The van der Waals surface area contributed by atoms with Gasteiger partial charge in [0.25, 0.3) is 0 Å². The average molecular weight is 275 g/mol. The van der Waals surface area contributed by atoms with Crippen molar-refractivity contribution < 1.29 is 18.7 Å². The SMILES string of the molecule is COc1ncccc1NC(=O)C(=O)NCc1ccco1. The maximum atomic E-state index is 11.7. The highest BCUT2D eigenvalue weighted by Crippen LogP contribution is 2.19. The number of ether oxygens (including phenoxy) is 1. The first-order valence-corrected chi connectivity index (χ1v) is 5.81. The summed E-state index contributed by atoms with van der Waals surface area (Å²) < 4.78 is 10.0. The Bertz CT molecular complexity index is 595. The molecule has 0 saturated heterocycles. The highest BCUT2D eigenvalue weighted by molar-refractivity contribution is 6.39. The van der Waals surface area contributed by atoms with Crippen molar-refractivity contribution >= 4 is 17.5 Å². The predicted molar refractivity (Wildman–Crippen MR) is 70.0 cm³/mol. The first kappa shape index (κ1) is 13.6. The Kier molecular flexibility index (Phi) is 4.33. The second-order valence-corrected chi connectivity index (χ2v) is 3.78. The molecule has 0 atom stereocenters. The largest absolute Gasteiger partial charge is 0.480 e. The van der Waals surface area contributed by atoms with Gasteiger partial charge in [-0.25, -0.2) is 4.98 Å². The Morgan fingerprint density at radius 2 is 2.15 bits per heavy atom. The van der Waals surface area contributed by atoms with Gasteiger partial charge in [-0.1, -0.05) is 0 Å². The van der Waals surface area contributed by atoms with Crippen molar-refractivity contribution in [3.05, 3.63) is 42.5 Å². The number of hydrogen-bond acceptors (Lipinski definition) is 5. The Labute approximate surface area is 114 Å². The van der Waals surface area contributed by atoms with Crippen LogP contribution in [0.1, 0.15) is 5.76 Å². The topological polar surface area (TPSA) is 93.5 Å². The zero-order chi connectivity index (χ0) is 14.4. The number of carbonyl (C=O) groups excluding carboxylic acids is 2. The summed E-state index contributed by atoms with van der Waals surface area (Å²) in [5, 5.41) is 4.86. The van der Waals surface area contributed by atoms with E-state index in [0.717, 1.165) is 0 Å². The highest BCUT2D eigenvalue weighted by Gasteiger charge is 2.16. The van der Waals surface area contributed by atoms with Gasteiger partial charge in [-0.3, -0.25) is 9.59 Å². The van der Waals surface area contributed by atoms with Crippen LogP contribution in [-0.2, 0) is 16.1 Å². The molecule has 0 aliphatic rings. The van der Waals surface area contributed by atoms with E-state index in [9.17, 15) is 9.59 Å². The summed E-state index contributed by atoms with van der Waals surface area (Å²) in [6.45, 7) is 0.142. The Hall–Kier alpha value is -2.83. The van der Waals surface area contributed by atoms with Crippen LogP contribution < -0.4 is 15.4 Å². The number of methoxy groups -OCH3 is 1. The van der Waals surface area contributed by atoms with Crippen molar-refractivity contribution in [2.45, 2.75) is 6.54 Å². The van der Waals surface area contributed by atoms with E-state index in [-0.39, 0.29) is 12.4 Å². The van der Waals surface area contributed by atoms with Crippen LogP contribution in [0.3, 0.4) is 0 Å². The summed E-state index contributed by atoms with van der Waals surface area (Å²) in [4.78, 5) is 27.2. The van der Waals surface area contributed by atoms with E-state index in [1.165, 1.54) is 19.6 Å². The number of furan rings is 1. The number of amides is 2. The van der Waals surface area contributed by atoms with E-state index < -0.39 is 11.8 Å². The number of pyridine rings is 1. The third-order valence-corrected chi connectivity index (χ3v) is 2.42. The van der Waals surface area contributed by atoms with Gasteiger partial charge < -0.3 is 19.8 Å². The van der Waals surface area contributed by atoms with Gasteiger partial charge in [0.15, 0.2) is 0 Å². The first-order valence-electron chi connectivity index (χ1n) is 5.81. The number of hydrogen-bond donors (Lipinski definition) is 2. The van der Waals surface area contributed by atoms with Gasteiger partial charge in [0.05, 0.1) is 19.9 Å². The van der Waals surface area contributed by atoms with Gasteiger partial charge in [0.1, 0.15) is 11.4 Å². The molecule has 2 heterocycles. The van der Waals surface area contributed by atoms with E-state index in [0.29, 0.717) is 11.4 Å². The molecule has 0 fully saturated rings. The van der Waals surface area contributed by atoms with E-state index in [2.05, 4.69) is 15.6 Å². The molecular formula is C13H13N3O4. The molecular weight excluding hydrogens is 262 g/mol. The van der Waals surface area contributed by atoms with Crippen molar-refractivity contribution in [1.29, 1.82) is 0 Å². The Morgan fingerprint density at radius 3 is 2.85 bits per heavy atom. The van der Waals surface area contributed by atoms with Gasteiger partial charge in [-0.05, 0) is 24.3 Å². The predicted octanol–water partition coefficient (Wildman–Crippen LogP) is 0.938. The van der Waals surface area contributed by atoms with Gasteiger partial charge in [0, 0.05) is 6.20 Å². The first-order chi connectivity index (χ1) is 9.70. The second kappa shape index (κ2) is 6.37. The second-order valence-electron chi connectivity index (χ2n) is 3.78. The summed E-state index contributed by atoms with van der Waals surface area (Å²) in [6, 6.07) is 6.60. The molecule has 0 bridgehead atoms. The maximum Gasteiger partial charge on any atom is 0.313 e. The summed E-state index contributed by atoms with van der Waals surface area (Å²) in [5.41, 5.74) is 0.327. The zero-order valence-electron chi connectivity index (χ0n) is 10.8. The number of carbonyl (C=O) groups is 2. The van der Waals surface area contributed by atoms with Crippen molar-refractivity contribution in [3.8, 4) is 5.88 Å². The van der Waals surface area contributed by atoms with Crippen molar-refractivity contribution in [1.82, 2.24) is 10.3 Å². The molecule has 7 nitrogen and oxygen atoms in total. The summed E-state index contributed by atoms with van der Waals surface area (Å²) in [5.74, 6) is -0.778. The van der Waals surface area contributed by atoms with Crippen LogP contribution in [0.4, 0.5) is 5.69 Å². The minimum absolute atomic E-state index is 0.142. The number of nitrogens with zero attached hydrogens (tertiary/aromatic N) is 1. The number of nitrogens with one attached hydrogen (secondary N) is 2. The standard InChI is InChI=1S/C13H13N3O4/c1-19-13-10(5-2-6-14-13)16-12(18)11(17)15-8-9-4-3-7-20-9/h2-7H,8H2,1H3,(H,15,17)(H,16,18). The van der Waals surface area contributed by atoms with E-state index in [1.54, 1.807) is 24.3 Å². The summed E-state index contributed by atoms with van der Waals surface area (Å²) in [7, 11) is 1.43. The fourth-order valence-corrected chi connectivity index (χ4v) is 1.49. The molecule has 0 unspecified atom stereocenters. The number of aromatic nitrogens is 1. The van der Waals surface area contributed by atoms with Gasteiger partial charge in [-0.15, -0.1) is 0 Å². The third kappa shape index (κ3) is 3.35. The van der Waals surface area contributed by atoms with Crippen molar-refractivity contribution in [2.75, 3.05) is 12.4 Å². The van der Waals surface area contributed by atoms with Gasteiger partial charge in [-0.2, -0.15) is 0 Å². The van der Waals surface area contributed by atoms with Crippen molar-refractivity contribution in [3.63, 3.8) is 0 Å². The molecule has 0 radical (unpaired) electrons. The van der Waals surface area contributed by atoms with Crippen LogP contribution in [0.15, 0.2) is 41.1 Å². The van der Waals surface area contributed by atoms with Crippen molar-refractivity contribution in [2.24, 2.45) is 0 Å². The van der Waals surface area contributed by atoms with Crippen LogP contribution in [0, 0.1) is 0 Å². The lowest BCUT2D eigenvalue weighted by molar-refractivity contribution is -0.136. The quantitative estimate of drug-likeness (QED) is 0.810. The van der Waals surface area contributed by atoms with Crippen LogP contribution >= 0.6 is 0 Å². The Morgan fingerprint density at radius 1 is 1.30 bits per heavy atom. The molecule has 20 heavy (non-hydrogen) atoms. The third-order valence-electron chi connectivity index (χ3n) is 2.42. The molecule has 2 aromatic heterocycles. The van der Waals surface area contributed by atoms with E-state index >= 15 is 0 Å². The summed E-state index contributed by atoms with van der Waals surface area (Å²) >= 11 is 0. The molecule has 0 aromatic carbocycles. The molecule has 0 aliphatic heterocycles. The van der Waals surface area contributed by atoms with Crippen LogP contribution in [0.2, 0.25) is 0 Å². The number of rotatable bonds is 4. The number of anilines is 1. The molecule has 0 saturated carbocycles. The lowest BCUT2D eigenvalue weighted by atomic mass is 10.3.